The van der Waals surface area contributed by atoms with Crippen LogP contribution >= 0.6 is 15.9 Å². The van der Waals surface area contributed by atoms with E-state index in [0.29, 0.717) is 10.0 Å². The van der Waals surface area contributed by atoms with Crippen molar-refractivity contribution in [2.75, 3.05) is 0 Å². The zero-order valence-electron chi connectivity index (χ0n) is 5.93. The number of cyclic esters (lactones) is 1. The van der Waals surface area contributed by atoms with Gasteiger partial charge >= 0.3 is 5.97 Å². The summed E-state index contributed by atoms with van der Waals surface area (Å²) in [5, 5.41) is 0. The lowest BCUT2D eigenvalue weighted by atomic mass is 10.1. The predicted molar refractivity (Wildman–Crippen MR) is 43.2 cm³/mol. The van der Waals surface area contributed by atoms with Gasteiger partial charge in [0.1, 0.15) is 12.4 Å². The molecule has 0 spiro atoms. The second-order valence-corrected chi connectivity index (χ2v) is 3.34. The van der Waals surface area contributed by atoms with Crippen LogP contribution in [0.3, 0.4) is 0 Å². The van der Waals surface area contributed by atoms with Gasteiger partial charge in [-0.2, -0.15) is 0 Å². The monoisotopic (exact) mass is 230 g/mol. The Bertz CT molecular complexity index is 362. The Labute approximate surface area is 76.5 Å². The van der Waals surface area contributed by atoms with Crippen molar-refractivity contribution in [2.45, 2.75) is 6.61 Å². The van der Waals surface area contributed by atoms with E-state index < -0.39 is 11.8 Å². The summed E-state index contributed by atoms with van der Waals surface area (Å²) < 4.78 is 18.1. The Morgan fingerprint density at radius 1 is 1.50 bits per heavy atom. The molecule has 0 aliphatic carbocycles. The first kappa shape index (κ1) is 7.73. The highest BCUT2D eigenvalue weighted by atomic mass is 79.9. The fourth-order valence-electron chi connectivity index (χ4n) is 1.15. The number of hydrogen-bond acceptors (Lipinski definition) is 2. The molecule has 1 aliphatic heterocycles. The van der Waals surface area contributed by atoms with E-state index >= 15 is 0 Å². The molecule has 0 bridgehead atoms. The Kier molecular flexibility index (Phi) is 1.65. The highest BCUT2D eigenvalue weighted by molar-refractivity contribution is 9.10. The first-order chi connectivity index (χ1) is 5.68. The summed E-state index contributed by atoms with van der Waals surface area (Å²) in [5.74, 6) is -0.885. The highest BCUT2D eigenvalue weighted by Gasteiger charge is 2.23. The average molecular weight is 231 g/mol. The molecule has 0 saturated carbocycles. The first-order valence-electron chi connectivity index (χ1n) is 3.33. The average Bonchev–Trinajstić information content (AvgIpc) is 2.33. The van der Waals surface area contributed by atoms with Gasteiger partial charge < -0.3 is 4.74 Å². The van der Waals surface area contributed by atoms with Crippen molar-refractivity contribution in [1.29, 1.82) is 0 Å². The van der Waals surface area contributed by atoms with E-state index in [0.717, 1.165) is 5.56 Å². The molecule has 0 unspecified atom stereocenters. The lowest BCUT2D eigenvalue weighted by Crippen LogP contribution is -1.94. The van der Waals surface area contributed by atoms with E-state index in [1.54, 1.807) is 0 Å². The van der Waals surface area contributed by atoms with E-state index in [9.17, 15) is 9.18 Å². The quantitative estimate of drug-likeness (QED) is 0.640. The van der Waals surface area contributed by atoms with Gasteiger partial charge in [-0.3, -0.25) is 0 Å². The largest absolute Gasteiger partial charge is 0.457 e. The number of benzene rings is 1. The number of fused-ring (bicyclic) bond motifs is 1. The number of halogens is 2. The van der Waals surface area contributed by atoms with E-state index in [1.807, 2.05) is 0 Å². The Balaban J connectivity index is 2.68. The molecule has 0 saturated heterocycles. The third kappa shape index (κ3) is 1.03. The molecule has 1 aliphatic rings. The van der Waals surface area contributed by atoms with Crippen LogP contribution in [0.5, 0.6) is 0 Å². The van der Waals surface area contributed by atoms with Crippen molar-refractivity contribution in [2.24, 2.45) is 0 Å². The van der Waals surface area contributed by atoms with Crippen LogP contribution in [0, 0.1) is 5.82 Å². The van der Waals surface area contributed by atoms with Crippen molar-refractivity contribution < 1.29 is 13.9 Å². The maximum absolute atomic E-state index is 12.8. The van der Waals surface area contributed by atoms with Crippen LogP contribution in [0.1, 0.15) is 15.9 Å². The van der Waals surface area contributed by atoms with Crippen LogP contribution in [0.15, 0.2) is 16.6 Å². The number of ether oxygens (including phenoxy) is 1. The number of rotatable bonds is 0. The lowest BCUT2D eigenvalue weighted by Gasteiger charge is -1.97. The van der Waals surface area contributed by atoms with Crippen LogP contribution in [0.25, 0.3) is 0 Å². The number of esters is 1. The van der Waals surface area contributed by atoms with Gasteiger partial charge in [0.2, 0.25) is 0 Å². The van der Waals surface area contributed by atoms with Crippen LogP contribution in [0.4, 0.5) is 4.39 Å². The lowest BCUT2D eigenvalue weighted by molar-refractivity contribution is 0.0534. The van der Waals surface area contributed by atoms with Gasteiger partial charge in [-0.25, -0.2) is 9.18 Å². The van der Waals surface area contributed by atoms with Crippen molar-refractivity contribution in [1.82, 2.24) is 0 Å². The van der Waals surface area contributed by atoms with Crippen molar-refractivity contribution >= 4 is 21.9 Å². The number of carbonyl (C=O) groups excluding carboxylic acids is 1. The number of carbonyl (C=O) groups is 1. The summed E-state index contributed by atoms with van der Waals surface area (Å²) in [7, 11) is 0. The molecule has 1 aromatic carbocycles. The van der Waals surface area contributed by atoms with E-state index in [-0.39, 0.29) is 6.61 Å². The normalized spacial score (nSPS) is 14.3. The summed E-state index contributed by atoms with van der Waals surface area (Å²) in [6.45, 7) is 0.231. The van der Waals surface area contributed by atoms with Crippen LogP contribution in [-0.2, 0) is 11.3 Å². The molecule has 2 rings (SSSR count). The molecule has 2 nitrogen and oxygen atoms in total. The number of hydrogen-bond donors (Lipinski definition) is 0. The zero-order chi connectivity index (χ0) is 8.72. The third-order valence-electron chi connectivity index (χ3n) is 1.73. The smallest absolute Gasteiger partial charge is 0.339 e. The van der Waals surface area contributed by atoms with Gasteiger partial charge in [-0.05, 0) is 12.1 Å². The topological polar surface area (TPSA) is 26.3 Å². The Morgan fingerprint density at radius 2 is 2.25 bits per heavy atom. The molecule has 62 valence electrons. The molecule has 4 heteroatoms. The van der Waals surface area contributed by atoms with Gasteiger partial charge in [-0.15, -0.1) is 0 Å². The van der Waals surface area contributed by atoms with Crippen LogP contribution < -0.4 is 0 Å². The van der Waals surface area contributed by atoms with Crippen LogP contribution in [-0.4, -0.2) is 5.97 Å². The molecule has 0 fully saturated rings. The maximum atomic E-state index is 12.8. The summed E-state index contributed by atoms with van der Waals surface area (Å²) in [5.41, 5.74) is 1.04. The highest BCUT2D eigenvalue weighted by Crippen LogP contribution is 2.28. The predicted octanol–water partition coefficient (Wildman–Crippen LogP) is 2.26. The third-order valence-corrected chi connectivity index (χ3v) is 2.44. The summed E-state index contributed by atoms with van der Waals surface area (Å²) in [6.07, 6.45) is 0. The van der Waals surface area contributed by atoms with E-state index in [4.69, 9.17) is 4.74 Å². The summed E-state index contributed by atoms with van der Waals surface area (Å²) in [4.78, 5) is 11.0. The minimum atomic E-state index is -0.454. The van der Waals surface area contributed by atoms with Crippen LogP contribution in [0.2, 0.25) is 0 Å². The first-order valence-corrected chi connectivity index (χ1v) is 4.13. The molecule has 0 atom stereocenters. The van der Waals surface area contributed by atoms with Gasteiger partial charge in [0.15, 0.2) is 0 Å². The van der Waals surface area contributed by atoms with E-state index in [1.165, 1.54) is 12.1 Å². The molecule has 1 heterocycles. The van der Waals surface area contributed by atoms with Gasteiger partial charge in [0, 0.05) is 10.0 Å². The molecule has 0 amide bonds. The second-order valence-electron chi connectivity index (χ2n) is 2.49. The molecule has 0 radical (unpaired) electrons. The second kappa shape index (κ2) is 2.55. The van der Waals surface area contributed by atoms with E-state index in [2.05, 4.69) is 15.9 Å². The molecule has 1 aromatic rings. The van der Waals surface area contributed by atoms with Crippen molar-refractivity contribution in [3.05, 3.63) is 33.5 Å². The fraction of sp³-hybridized carbons (Fsp3) is 0.125. The maximum Gasteiger partial charge on any atom is 0.339 e. The molecule has 0 N–H and O–H groups in total. The Morgan fingerprint density at radius 3 is 3.00 bits per heavy atom. The minimum absolute atomic E-state index is 0.231. The van der Waals surface area contributed by atoms with Gasteiger partial charge in [-0.1, -0.05) is 15.9 Å². The van der Waals surface area contributed by atoms with Gasteiger partial charge in [0.05, 0.1) is 5.56 Å². The van der Waals surface area contributed by atoms with Crippen molar-refractivity contribution in [3.63, 3.8) is 0 Å². The summed E-state index contributed by atoms with van der Waals surface area (Å²) in [6, 6.07) is 2.51. The SMILES string of the molecule is O=C1OCc2c(Br)cc(F)cc21. The van der Waals surface area contributed by atoms with Gasteiger partial charge in [0.25, 0.3) is 0 Å². The molecular weight excluding hydrogens is 227 g/mol. The van der Waals surface area contributed by atoms with Crippen molar-refractivity contribution in [3.8, 4) is 0 Å². The molecule has 12 heavy (non-hydrogen) atoms. The molecular formula is C8H4BrFO2. The Hall–Kier alpha value is -0.900. The molecule has 0 aromatic heterocycles. The minimum Gasteiger partial charge on any atom is -0.457 e. The summed E-state index contributed by atoms with van der Waals surface area (Å²) >= 11 is 3.15. The standard InChI is InChI=1S/C8H4BrFO2/c9-7-2-4(10)1-5-6(7)3-12-8(5)11/h1-2H,3H2. The zero-order valence-corrected chi connectivity index (χ0v) is 7.52. The fourth-order valence-corrected chi connectivity index (χ4v) is 1.69.